The molecular weight excluding hydrogens is 218 g/mol. The van der Waals surface area contributed by atoms with Crippen LogP contribution >= 0.6 is 11.3 Å². The average molecular weight is 233 g/mol. The molecule has 0 aliphatic rings. The van der Waals surface area contributed by atoms with E-state index in [1.807, 2.05) is 6.92 Å². The fourth-order valence-corrected chi connectivity index (χ4v) is 3.51. The number of aliphatic hydroxyl groups is 1. The maximum absolute atomic E-state index is 11.5. The highest BCUT2D eigenvalue weighted by Gasteiger charge is 2.22. The van der Waals surface area contributed by atoms with Crippen LogP contribution in [0.5, 0.6) is 0 Å². The Labute approximate surface area is 88.8 Å². The van der Waals surface area contributed by atoms with Crippen molar-refractivity contribution >= 4 is 21.1 Å². The molecule has 0 bridgehead atoms. The first-order valence-electron chi connectivity index (χ1n) is 4.19. The lowest BCUT2D eigenvalue weighted by molar-refractivity contribution is 0.0783. The largest absolute Gasteiger partial charge is 0.386 e. The Hall–Kier alpha value is -0.390. The summed E-state index contributed by atoms with van der Waals surface area (Å²) in [4.78, 5) is 0.925. The topological polar surface area (TPSA) is 61.2 Å². The highest BCUT2D eigenvalue weighted by atomic mass is 32.2. The third-order valence-electron chi connectivity index (χ3n) is 1.94. The maximum atomic E-state index is 11.5. The van der Waals surface area contributed by atoms with Crippen LogP contribution in [0.2, 0.25) is 0 Å². The molecule has 1 aromatic rings. The molecule has 3 nitrogen and oxygen atoms in total. The van der Waals surface area contributed by atoms with Crippen LogP contribution in [0.3, 0.4) is 0 Å². The van der Waals surface area contributed by atoms with Gasteiger partial charge in [-0.3, -0.25) is 0 Å². The number of hydrogen-bond acceptors (Lipinski definition) is 4. The van der Waals surface area contributed by atoms with Gasteiger partial charge in [0.1, 0.15) is 0 Å². The Morgan fingerprint density at radius 3 is 2.29 bits per heavy atom. The van der Waals surface area contributed by atoms with E-state index in [1.165, 1.54) is 17.6 Å². The summed E-state index contributed by atoms with van der Waals surface area (Å²) in [5, 5.41) is 9.80. The molecule has 2 N–H and O–H groups in total. The third-order valence-corrected chi connectivity index (χ3v) is 4.87. The number of aryl methyl sites for hydroxylation is 1. The first-order chi connectivity index (χ1) is 6.12. The summed E-state index contributed by atoms with van der Waals surface area (Å²) in [5.41, 5.74) is -0.164. The van der Waals surface area contributed by atoms with Gasteiger partial charge >= 0.3 is 0 Å². The Kier molecular flexibility index (Phi) is 2.77. The van der Waals surface area contributed by atoms with Crippen molar-refractivity contribution in [2.45, 2.75) is 30.6 Å². The molecule has 1 aromatic heterocycles. The molecule has 0 aliphatic carbocycles. The van der Waals surface area contributed by atoms with E-state index in [0.29, 0.717) is 4.21 Å². The summed E-state index contributed by atoms with van der Waals surface area (Å²) in [7, 11) is -2.66. The van der Waals surface area contributed by atoms with E-state index in [0.717, 1.165) is 10.4 Å². The molecule has 1 unspecified atom stereocenters. The van der Waals surface area contributed by atoms with Crippen LogP contribution in [0.1, 0.15) is 24.3 Å². The first kappa shape index (κ1) is 11.7. The molecule has 80 valence electrons. The van der Waals surface area contributed by atoms with Crippen LogP contribution < -0.4 is 0 Å². The summed E-state index contributed by atoms with van der Waals surface area (Å²) < 4.78 is 19.5. The number of hydrogen-bond donors (Lipinski definition) is 2. The molecule has 0 saturated carbocycles. The zero-order valence-corrected chi connectivity index (χ0v) is 10.4. The Balaban J connectivity index is 3.33. The van der Waals surface area contributed by atoms with Gasteiger partial charge < -0.3 is 5.11 Å². The molecule has 0 aliphatic heterocycles. The van der Waals surface area contributed by atoms with Gasteiger partial charge in [-0.25, -0.2) is 8.99 Å². The molecule has 5 heteroatoms. The van der Waals surface area contributed by atoms with Crippen LogP contribution in [0.15, 0.2) is 10.3 Å². The van der Waals surface area contributed by atoms with Gasteiger partial charge in [0, 0.05) is 11.1 Å². The van der Waals surface area contributed by atoms with Gasteiger partial charge in [0.05, 0.1) is 19.5 Å². The lowest BCUT2D eigenvalue weighted by Crippen LogP contribution is -2.15. The van der Waals surface area contributed by atoms with E-state index >= 15 is 0 Å². The highest BCUT2D eigenvalue weighted by molar-refractivity contribution is 7.93. The average Bonchev–Trinajstić information content (AvgIpc) is 2.27. The number of thiophene rings is 1. The molecule has 0 fully saturated rings. The Morgan fingerprint density at radius 2 is 2.07 bits per heavy atom. The van der Waals surface area contributed by atoms with Gasteiger partial charge in [-0.2, -0.15) is 0 Å². The zero-order chi connectivity index (χ0) is 11.1. The van der Waals surface area contributed by atoms with Crippen molar-refractivity contribution in [2.75, 3.05) is 6.26 Å². The first-order valence-corrected chi connectivity index (χ1v) is 6.98. The van der Waals surface area contributed by atoms with Gasteiger partial charge in [-0.1, -0.05) is 0 Å². The fourth-order valence-electron chi connectivity index (χ4n) is 1.25. The fraction of sp³-hybridized carbons (Fsp3) is 0.556. The highest BCUT2D eigenvalue weighted by Crippen LogP contribution is 2.32. The Morgan fingerprint density at radius 1 is 1.57 bits per heavy atom. The van der Waals surface area contributed by atoms with Gasteiger partial charge in [0.25, 0.3) is 0 Å². The second kappa shape index (κ2) is 3.32. The quantitative estimate of drug-likeness (QED) is 0.823. The van der Waals surface area contributed by atoms with E-state index in [9.17, 15) is 9.32 Å². The van der Waals surface area contributed by atoms with Crippen LogP contribution in [-0.2, 0) is 15.3 Å². The molecule has 14 heavy (non-hydrogen) atoms. The molecule has 1 rings (SSSR count). The molecule has 0 spiro atoms. The smallest absolute Gasteiger partial charge is 0.0998 e. The van der Waals surface area contributed by atoms with Crippen LogP contribution in [0.4, 0.5) is 0 Å². The van der Waals surface area contributed by atoms with Crippen LogP contribution in [-0.4, -0.2) is 15.6 Å². The number of nitrogens with one attached hydrogen (secondary N) is 1. The van der Waals surface area contributed by atoms with Crippen molar-refractivity contribution in [3.63, 3.8) is 0 Å². The predicted molar refractivity (Wildman–Crippen MR) is 59.4 cm³/mol. The molecule has 1 heterocycles. The molecule has 0 aromatic carbocycles. The Bertz CT molecular complexity index is 438. The minimum absolute atomic E-state index is 0.534. The minimum Gasteiger partial charge on any atom is -0.386 e. The SMILES string of the molecule is Cc1sc(S(C)(=N)=O)cc1C(C)(C)O. The van der Waals surface area contributed by atoms with Crippen molar-refractivity contribution in [1.29, 1.82) is 4.78 Å². The van der Waals surface area contributed by atoms with Gasteiger partial charge in [0.15, 0.2) is 0 Å². The summed E-state index contributed by atoms with van der Waals surface area (Å²) in [6, 6.07) is 1.68. The minimum atomic E-state index is -2.66. The lowest BCUT2D eigenvalue weighted by atomic mass is 10.00. The van der Waals surface area contributed by atoms with Crippen molar-refractivity contribution in [3.8, 4) is 0 Å². The molecule has 0 radical (unpaired) electrons. The van der Waals surface area contributed by atoms with Crippen LogP contribution in [0.25, 0.3) is 0 Å². The van der Waals surface area contributed by atoms with Crippen molar-refractivity contribution in [3.05, 3.63) is 16.5 Å². The molecule has 1 atom stereocenters. The number of rotatable bonds is 2. The third kappa shape index (κ3) is 2.34. The van der Waals surface area contributed by atoms with E-state index in [1.54, 1.807) is 19.9 Å². The van der Waals surface area contributed by atoms with E-state index in [2.05, 4.69) is 0 Å². The summed E-state index contributed by atoms with van der Waals surface area (Å²) >= 11 is 1.33. The second-order valence-corrected chi connectivity index (χ2v) is 7.58. The standard InChI is InChI=1S/C9H15NO2S2/c1-6-7(9(2,3)11)5-8(13-6)14(4,10)12/h5,10-11H,1-4H3. The maximum Gasteiger partial charge on any atom is 0.0998 e. The van der Waals surface area contributed by atoms with Crippen molar-refractivity contribution in [1.82, 2.24) is 0 Å². The molecule has 0 saturated heterocycles. The predicted octanol–water partition coefficient (Wildman–Crippen LogP) is 2.32. The lowest BCUT2D eigenvalue weighted by Gasteiger charge is -2.16. The zero-order valence-electron chi connectivity index (χ0n) is 8.75. The molecular formula is C9H15NO2S2. The summed E-state index contributed by atoms with van der Waals surface area (Å²) in [5.74, 6) is 0. The monoisotopic (exact) mass is 233 g/mol. The normalized spacial score (nSPS) is 16.6. The van der Waals surface area contributed by atoms with Crippen LogP contribution in [0, 0.1) is 11.7 Å². The molecule has 0 amide bonds. The van der Waals surface area contributed by atoms with Crippen molar-refractivity contribution in [2.24, 2.45) is 0 Å². The summed E-state index contributed by atoms with van der Waals surface area (Å²) in [6.45, 7) is 5.24. The summed E-state index contributed by atoms with van der Waals surface area (Å²) in [6.07, 6.45) is 1.40. The van der Waals surface area contributed by atoms with Gasteiger partial charge in [0.2, 0.25) is 0 Å². The van der Waals surface area contributed by atoms with E-state index < -0.39 is 15.3 Å². The van der Waals surface area contributed by atoms with Crippen molar-refractivity contribution < 1.29 is 9.32 Å². The van der Waals surface area contributed by atoms with Gasteiger partial charge in [-0.15, -0.1) is 11.3 Å². The van der Waals surface area contributed by atoms with E-state index in [4.69, 9.17) is 4.78 Å². The van der Waals surface area contributed by atoms with E-state index in [-0.39, 0.29) is 0 Å². The van der Waals surface area contributed by atoms with Gasteiger partial charge in [-0.05, 0) is 32.4 Å². The second-order valence-electron chi connectivity index (χ2n) is 3.94.